The molecule has 1 nitrogen and oxygen atoms in total. The van der Waals surface area contributed by atoms with E-state index in [0.717, 1.165) is 18.4 Å². The Morgan fingerprint density at radius 1 is 1.12 bits per heavy atom. The lowest BCUT2D eigenvalue weighted by atomic mass is 10.0. The van der Waals surface area contributed by atoms with E-state index in [1.54, 1.807) is 0 Å². The van der Waals surface area contributed by atoms with Crippen LogP contribution in [0.2, 0.25) is 0 Å². The van der Waals surface area contributed by atoms with Crippen molar-refractivity contribution in [3.8, 4) is 0 Å². The SMILES string of the molecule is CCc1ccc2cc(CC(C)C)cnc2c1. The minimum atomic E-state index is 0.689. The lowest BCUT2D eigenvalue weighted by Gasteiger charge is -2.06. The molecule has 0 spiro atoms. The van der Waals surface area contributed by atoms with Gasteiger partial charge in [0.25, 0.3) is 0 Å². The summed E-state index contributed by atoms with van der Waals surface area (Å²) in [6.07, 6.45) is 4.20. The summed E-state index contributed by atoms with van der Waals surface area (Å²) in [6.45, 7) is 6.66. The smallest absolute Gasteiger partial charge is 0.0704 e. The molecule has 1 heterocycles. The Bertz CT molecular complexity index is 486. The van der Waals surface area contributed by atoms with E-state index in [2.05, 4.69) is 50.0 Å². The minimum Gasteiger partial charge on any atom is -0.256 e. The van der Waals surface area contributed by atoms with Crippen LogP contribution in [0, 0.1) is 5.92 Å². The summed E-state index contributed by atoms with van der Waals surface area (Å²) in [5.41, 5.74) is 3.82. The molecule has 0 amide bonds. The van der Waals surface area contributed by atoms with Crippen molar-refractivity contribution in [2.45, 2.75) is 33.6 Å². The molecule has 1 heteroatoms. The summed E-state index contributed by atoms with van der Waals surface area (Å²) in [7, 11) is 0. The third-order valence-corrected chi connectivity index (χ3v) is 2.86. The van der Waals surface area contributed by atoms with Gasteiger partial charge in [-0.3, -0.25) is 4.98 Å². The second-order valence-corrected chi connectivity index (χ2v) is 4.82. The number of pyridine rings is 1. The molecule has 0 radical (unpaired) electrons. The molecular formula is C15H19N. The molecule has 0 aliphatic heterocycles. The first-order chi connectivity index (χ1) is 7.69. The Kier molecular flexibility index (Phi) is 3.23. The van der Waals surface area contributed by atoms with Crippen molar-refractivity contribution in [1.82, 2.24) is 4.98 Å². The number of aromatic nitrogens is 1. The molecule has 0 saturated heterocycles. The molecule has 0 fully saturated rings. The van der Waals surface area contributed by atoms with Gasteiger partial charge in [0.2, 0.25) is 0 Å². The summed E-state index contributed by atoms with van der Waals surface area (Å²) >= 11 is 0. The zero-order chi connectivity index (χ0) is 11.5. The largest absolute Gasteiger partial charge is 0.256 e. The van der Waals surface area contributed by atoms with E-state index < -0.39 is 0 Å². The average molecular weight is 213 g/mol. The lowest BCUT2D eigenvalue weighted by molar-refractivity contribution is 0.646. The topological polar surface area (TPSA) is 12.9 Å². The first kappa shape index (κ1) is 11.1. The summed E-state index contributed by atoms with van der Waals surface area (Å²) in [5, 5.41) is 1.26. The summed E-state index contributed by atoms with van der Waals surface area (Å²) in [5.74, 6) is 0.689. The highest BCUT2D eigenvalue weighted by molar-refractivity contribution is 5.79. The van der Waals surface area contributed by atoms with Crippen molar-refractivity contribution in [1.29, 1.82) is 0 Å². The van der Waals surface area contributed by atoms with E-state index in [-0.39, 0.29) is 0 Å². The second-order valence-electron chi connectivity index (χ2n) is 4.82. The van der Waals surface area contributed by atoms with Gasteiger partial charge in [-0.05, 0) is 42.0 Å². The summed E-state index contributed by atoms with van der Waals surface area (Å²) in [4.78, 5) is 4.54. The van der Waals surface area contributed by atoms with Crippen LogP contribution in [0.3, 0.4) is 0 Å². The van der Waals surface area contributed by atoms with Crippen molar-refractivity contribution in [2.24, 2.45) is 5.92 Å². The van der Waals surface area contributed by atoms with Crippen molar-refractivity contribution < 1.29 is 0 Å². The maximum Gasteiger partial charge on any atom is 0.0704 e. The molecular weight excluding hydrogens is 194 g/mol. The molecule has 2 rings (SSSR count). The van der Waals surface area contributed by atoms with E-state index in [1.807, 2.05) is 6.20 Å². The quantitative estimate of drug-likeness (QED) is 0.751. The first-order valence-electron chi connectivity index (χ1n) is 6.06. The van der Waals surface area contributed by atoms with Crippen LogP contribution in [0.1, 0.15) is 31.9 Å². The molecule has 1 aromatic heterocycles. The van der Waals surface area contributed by atoms with Crippen molar-refractivity contribution >= 4 is 10.9 Å². The van der Waals surface area contributed by atoms with E-state index in [9.17, 15) is 0 Å². The predicted molar refractivity (Wildman–Crippen MR) is 69.7 cm³/mol. The Balaban J connectivity index is 2.39. The number of nitrogens with zero attached hydrogens (tertiary/aromatic N) is 1. The highest BCUT2D eigenvalue weighted by atomic mass is 14.6. The van der Waals surface area contributed by atoms with E-state index in [0.29, 0.717) is 5.92 Å². The van der Waals surface area contributed by atoms with Crippen LogP contribution in [-0.4, -0.2) is 4.98 Å². The van der Waals surface area contributed by atoms with Crippen LogP contribution >= 0.6 is 0 Å². The summed E-state index contributed by atoms with van der Waals surface area (Å²) in [6, 6.07) is 8.84. The number of rotatable bonds is 3. The van der Waals surface area contributed by atoms with Gasteiger partial charge in [-0.1, -0.05) is 32.9 Å². The van der Waals surface area contributed by atoms with Gasteiger partial charge in [-0.25, -0.2) is 0 Å². The molecule has 0 bridgehead atoms. The molecule has 0 saturated carbocycles. The molecule has 0 atom stereocenters. The molecule has 2 aromatic rings. The fourth-order valence-electron chi connectivity index (χ4n) is 2.02. The number of fused-ring (bicyclic) bond motifs is 1. The first-order valence-corrected chi connectivity index (χ1v) is 6.06. The zero-order valence-corrected chi connectivity index (χ0v) is 10.3. The maximum atomic E-state index is 4.54. The van der Waals surface area contributed by atoms with Gasteiger partial charge in [-0.2, -0.15) is 0 Å². The molecule has 16 heavy (non-hydrogen) atoms. The zero-order valence-electron chi connectivity index (χ0n) is 10.3. The number of hydrogen-bond acceptors (Lipinski definition) is 1. The van der Waals surface area contributed by atoms with Crippen LogP contribution < -0.4 is 0 Å². The van der Waals surface area contributed by atoms with Crippen LogP contribution in [0.25, 0.3) is 10.9 Å². The van der Waals surface area contributed by atoms with Crippen LogP contribution in [-0.2, 0) is 12.8 Å². The highest BCUT2D eigenvalue weighted by Gasteiger charge is 2.01. The van der Waals surface area contributed by atoms with Gasteiger partial charge >= 0.3 is 0 Å². The van der Waals surface area contributed by atoms with E-state index >= 15 is 0 Å². The third-order valence-electron chi connectivity index (χ3n) is 2.86. The van der Waals surface area contributed by atoms with Gasteiger partial charge in [0.15, 0.2) is 0 Å². The predicted octanol–water partition coefficient (Wildman–Crippen LogP) is 4.00. The minimum absolute atomic E-state index is 0.689. The Morgan fingerprint density at radius 2 is 1.94 bits per heavy atom. The molecule has 0 aliphatic rings. The van der Waals surface area contributed by atoms with Crippen molar-refractivity contribution in [2.75, 3.05) is 0 Å². The standard InChI is InChI=1S/C15H19N/c1-4-12-5-6-14-8-13(7-11(2)3)10-16-15(14)9-12/h5-6,8-11H,4,7H2,1-3H3. The molecule has 84 valence electrons. The molecule has 0 N–H and O–H groups in total. The molecule has 0 unspecified atom stereocenters. The number of benzene rings is 1. The van der Waals surface area contributed by atoms with Gasteiger partial charge in [-0.15, -0.1) is 0 Å². The molecule has 1 aromatic carbocycles. The normalized spacial score (nSPS) is 11.2. The van der Waals surface area contributed by atoms with Gasteiger partial charge < -0.3 is 0 Å². The van der Waals surface area contributed by atoms with Gasteiger partial charge in [0, 0.05) is 11.6 Å². The molecule has 0 aliphatic carbocycles. The fourth-order valence-corrected chi connectivity index (χ4v) is 2.02. The Hall–Kier alpha value is -1.37. The third kappa shape index (κ3) is 2.41. The van der Waals surface area contributed by atoms with Gasteiger partial charge in [0.1, 0.15) is 0 Å². The summed E-state index contributed by atoms with van der Waals surface area (Å²) < 4.78 is 0. The maximum absolute atomic E-state index is 4.54. The highest BCUT2D eigenvalue weighted by Crippen LogP contribution is 2.17. The van der Waals surface area contributed by atoms with E-state index in [1.165, 1.54) is 16.5 Å². The number of hydrogen-bond donors (Lipinski definition) is 0. The Labute approximate surface area is 97.5 Å². The van der Waals surface area contributed by atoms with Gasteiger partial charge in [0.05, 0.1) is 5.52 Å². The van der Waals surface area contributed by atoms with Crippen molar-refractivity contribution in [3.63, 3.8) is 0 Å². The fraction of sp³-hybridized carbons (Fsp3) is 0.400. The monoisotopic (exact) mass is 213 g/mol. The number of aryl methyl sites for hydroxylation is 1. The lowest BCUT2D eigenvalue weighted by Crippen LogP contribution is -1.95. The second kappa shape index (κ2) is 4.65. The van der Waals surface area contributed by atoms with E-state index in [4.69, 9.17) is 0 Å². The van der Waals surface area contributed by atoms with Crippen LogP contribution in [0.5, 0.6) is 0 Å². The average Bonchev–Trinajstić information content (AvgIpc) is 2.27. The Morgan fingerprint density at radius 3 is 2.62 bits per heavy atom. The van der Waals surface area contributed by atoms with Crippen LogP contribution in [0.4, 0.5) is 0 Å². The van der Waals surface area contributed by atoms with Crippen molar-refractivity contribution in [3.05, 3.63) is 41.6 Å². The van der Waals surface area contributed by atoms with Crippen LogP contribution in [0.15, 0.2) is 30.5 Å².